The fourth-order valence-corrected chi connectivity index (χ4v) is 2.79. The number of aromatic nitrogens is 2. The van der Waals surface area contributed by atoms with Crippen LogP contribution in [-0.2, 0) is 6.54 Å². The molecule has 1 fully saturated rings. The van der Waals surface area contributed by atoms with E-state index in [4.69, 9.17) is 10.2 Å². The quantitative estimate of drug-likeness (QED) is 0.587. The topological polar surface area (TPSA) is 127 Å². The zero-order valence-electron chi connectivity index (χ0n) is 14.0. The zero-order valence-corrected chi connectivity index (χ0v) is 14.0. The Morgan fingerprint density at radius 1 is 1.36 bits per heavy atom. The molecule has 2 aromatic rings. The van der Waals surface area contributed by atoms with E-state index in [2.05, 4.69) is 27.1 Å². The maximum absolute atomic E-state index is 11.4. The van der Waals surface area contributed by atoms with Gasteiger partial charge >= 0.3 is 5.69 Å². The molecule has 1 aliphatic rings. The van der Waals surface area contributed by atoms with Crippen molar-refractivity contribution in [3.05, 3.63) is 34.3 Å². The Balaban J connectivity index is 1.84. The van der Waals surface area contributed by atoms with Crippen LogP contribution < -0.4 is 16.0 Å². The summed E-state index contributed by atoms with van der Waals surface area (Å²) in [6.45, 7) is 6.38. The monoisotopic (exact) mass is 347 g/mol. The number of likely N-dealkylation sites (N-methyl/N-ethyl adjacent to an activating group) is 1. The standard InChI is InChI=1S/C15H21N7O3/c1-2-20-5-7-21(8-6-20)14-12(22(23)24)13(16)18-15(19-14)17-10-11-4-3-9-25-11/h3-4,9H,2,5-8,10H2,1H3,(H3,16,17,18,19). The van der Waals surface area contributed by atoms with Crippen molar-refractivity contribution in [2.45, 2.75) is 13.5 Å². The number of piperazine rings is 1. The van der Waals surface area contributed by atoms with Crippen LogP contribution >= 0.6 is 0 Å². The van der Waals surface area contributed by atoms with Gasteiger partial charge < -0.3 is 25.3 Å². The van der Waals surface area contributed by atoms with E-state index in [9.17, 15) is 10.1 Å². The van der Waals surface area contributed by atoms with E-state index in [0.717, 1.165) is 19.6 Å². The number of anilines is 3. The van der Waals surface area contributed by atoms with Crippen LogP contribution in [0.3, 0.4) is 0 Å². The van der Waals surface area contributed by atoms with Crippen LogP contribution in [0.4, 0.5) is 23.3 Å². The summed E-state index contributed by atoms with van der Waals surface area (Å²) in [5.74, 6) is 1.07. The lowest BCUT2D eigenvalue weighted by Gasteiger charge is -2.34. The molecule has 0 unspecified atom stereocenters. The molecule has 0 aliphatic carbocycles. The molecule has 0 atom stereocenters. The number of furan rings is 1. The zero-order chi connectivity index (χ0) is 17.8. The number of nitrogen functional groups attached to an aromatic ring is 1. The highest BCUT2D eigenvalue weighted by molar-refractivity contribution is 5.71. The van der Waals surface area contributed by atoms with Crippen molar-refractivity contribution in [3.63, 3.8) is 0 Å². The van der Waals surface area contributed by atoms with Gasteiger partial charge in [-0.05, 0) is 18.7 Å². The Morgan fingerprint density at radius 2 is 2.12 bits per heavy atom. The molecule has 0 aromatic carbocycles. The van der Waals surface area contributed by atoms with Crippen molar-refractivity contribution in [1.82, 2.24) is 14.9 Å². The lowest BCUT2D eigenvalue weighted by molar-refractivity contribution is -0.383. The van der Waals surface area contributed by atoms with Crippen molar-refractivity contribution < 1.29 is 9.34 Å². The fourth-order valence-electron chi connectivity index (χ4n) is 2.79. The summed E-state index contributed by atoms with van der Waals surface area (Å²) in [4.78, 5) is 23.5. The van der Waals surface area contributed by atoms with Gasteiger partial charge in [0.1, 0.15) is 5.76 Å². The lowest BCUT2D eigenvalue weighted by Crippen LogP contribution is -2.46. The second-order valence-electron chi connectivity index (χ2n) is 5.72. The van der Waals surface area contributed by atoms with Gasteiger partial charge in [0.15, 0.2) is 0 Å². The molecule has 0 spiro atoms. The van der Waals surface area contributed by atoms with Gasteiger partial charge in [-0.1, -0.05) is 6.92 Å². The number of nitrogens with two attached hydrogens (primary N) is 1. The Hall–Kier alpha value is -2.88. The average molecular weight is 347 g/mol. The van der Waals surface area contributed by atoms with Crippen LogP contribution in [0.1, 0.15) is 12.7 Å². The summed E-state index contributed by atoms with van der Waals surface area (Å²) >= 11 is 0. The minimum Gasteiger partial charge on any atom is -0.467 e. The molecule has 25 heavy (non-hydrogen) atoms. The number of nitro groups is 1. The van der Waals surface area contributed by atoms with E-state index >= 15 is 0 Å². The summed E-state index contributed by atoms with van der Waals surface area (Å²) in [6.07, 6.45) is 1.57. The van der Waals surface area contributed by atoms with Crippen molar-refractivity contribution in [1.29, 1.82) is 0 Å². The fraction of sp³-hybridized carbons (Fsp3) is 0.467. The molecule has 1 aliphatic heterocycles. The first-order valence-corrected chi connectivity index (χ1v) is 8.14. The summed E-state index contributed by atoms with van der Waals surface area (Å²) in [6, 6.07) is 3.59. The van der Waals surface area contributed by atoms with Gasteiger partial charge in [-0.15, -0.1) is 0 Å². The van der Waals surface area contributed by atoms with Crippen LogP contribution in [0, 0.1) is 10.1 Å². The third-order valence-corrected chi connectivity index (χ3v) is 4.20. The van der Waals surface area contributed by atoms with Gasteiger partial charge in [-0.2, -0.15) is 9.97 Å². The minimum absolute atomic E-state index is 0.144. The predicted octanol–water partition coefficient (Wildman–Crippen LogP) is 1.31. The SMILES string of the molecule is CCN1CCN(c2nc(NCc3ccco3)nc(N)c2[N+](=O)[O-])CC1. The number of hydrogen-bond donors (Lipinski definition) is 2. The van der Waals surface area contributed by atoms with Gasteiger partial charge in [0, 0.05) is 26.2 Å². The normalized spacial score (nSPS) is 15.3. The van der Waals surface area contributed by atoms with E-state index in [1.807, 2.05) is 11.0 Å². The first kappa shape index (κ1) is 17.0. The Kier molecular flexibility index (Phi) is 4.98. The van der Waals surface area contributed by atoms with Gasteiger partial charge in [0.2, 0.25) is 17.6 Å². The number of nitrogens with one attached hydrogen (secondary N) is 1. The summed E-state index contributed by atoms with van der Waals surface area (Å²) in [7, 11) is 0. The van der Waals surface area contributed by atoms with Crippen LogP contribution in [-0.4, -0.2) is 52.5 Å². The molecule has 3 N–H and O–H groups in total. The number of nitrogens with zero attached hydrogens (tertiary/aromatic N) is 5. The molecule has 10 nitrogen and oxygen atoms in total. The number of hydrogen-bond acceptors (Lipinski definition) is 9. The highest BCUT2D eigenvalue weighted by Gasteiger charge is 2.29. The van der Waals surface area contributed by atoms with Crippen LogP contribution in [0.25, 0.3) is 0 Å². The molecule has 0 bridgehead atoms. The molecule has 3 heterocycles. The third kappa shape index (κ3) is 3.79. The van der Waals surface area contributed by atoms with E-state index in [1.54, 1.807) is 12.3 Å². The molecule has 0 radical (unpaired) electrons. The molecule has 0 amide bonds. The van der Waals surface area contributed by atoms with Crippen molar-refractivity contribution >= 4 is 23.3 Å². The molecule has 10 heteroatoms. The van der Waals surface area contributed by atoms with Gasteiger partial charge in [0.05, 0.1) is 17.7 Å². The van der Waals surface area contributed by atoms with Gasteiger partial charge in [0.25, 0.3) is 0 Å². The van der Waals surface area contributed by atoms with E-state index in [1.165, 1.54) is 0 Å². The molecule has 1 saturated heterocycles. The van der Waals surface area contributed by atoms with Crippen molar-refractivity contribution in [3.8, 4) is 0 Å². The molecule has 3 rings (SSSR count). The second kappa shape index (κ2) is 7.34. The maximum atomic E-state index is 11.4. The third-order valence-electron chi connectivity index (χ3n) is 4.20. The van der Waals surface area contributed by atoms with Crippen LogP contribution in [0.15, 0.2) is 22.8 Å². The highest BCUT2D eigenvalue weighted by Crippen LogP contribution is 2.32. The Labute approximate surface area is 144 Å². The summed E-state index contributed by atoms with van der Waals surface area (Å²) in [5, 5.41) is 14.4. The maximum Gasteiger partial charge on any atom is 0.353 e. The summed E-state index contributed by atoms with van der Waals surface area (Å²) in [5.41, 5.74) is 5.60. The van der Waals surface area contributed by atoms with E-state index in [0.29, 0.717) is 25.4 Å². The Morgan fingerprint density at radius 3 is 2.72 bits per heavy atom. The molecule has 134 valence electrons. The summed E-state index contributed by atoms with van der Waals surface area (Å²) < 4.78 is 5.24. The largest absolute Gasteiger partial charge is 0.467 e. The van der Waals surface area contributed by atoms with Crippen LogP contribution in [0.5, 0.6) is 0 Å². The average Bonchev–Trinajstić information content (AvgIpc) is 3.12. The molecular formula is C15H21N7O3. The first-order chi connectivity index (χ1) is 12.1. The van der Waals surface area contributed by atoms with Gasteiger partial charge in [-0.3, -0.25) is 10.1 Å². The van der Waals surface area contributed by atoms with Gasteiger partial charge in [-0.25, -0.2) is 0 Å². The Bertz CT molecular complexity index is 727. The second-order valence-corrected chi connectivity index (χ2v) is 5.72. The highest BCUT2D eigenvalue weighted by atomic mass is 16.6. The van der Waals surface area contributed by atoms with Crippen LogP contribution in [0.2, 0.25) is 0 Å². The van der Waals surface area contributed by atoms with E-state index in [-0.39, 0.29) is 23.3 Å². The van der Waals surface area contributed by atoms with E-state index < -0.39 is 4.92 Å². The molecular weight excluding hydrogens is 326 g/mol. The predicted molar refractivity (Wildman–Crippen MR) is 93.5 cm³/mol. The lowest BCUT2D eigenvalue weighted by atomic mass is 10.3. The minimum atomic E-state index is -0.521. The smallest absolute Gasteiger partial charge is 0.353 e. The molecule has 0 saturated carbocycles. The molecule has 2 aromatic heterocycles. The first-order valence-electron chi connectivity index (χ1n) is 8.14. The number of rotatable bonds is 6. The van der Waals surface area contributed by atoms with Crippen molar-refractivity contribution in [2.24, 2.45) is 0 Å². The van der Waals surface area contributed by atoms with Crippen molar-refractivity contribution in [2.75, 3.05) is 48.7 Å².